The minimum atomic E-state index is -0.526. The molecule has 3 rings (SSSR count). The largest absolute Gasteiger partial charge is 0.376 e. The van der Waals surface area contributed by atoms with Gasteiger partial charge in [-0.05, 0) is 28.6 Å². The summed E-state index contributed by atoms with van der Waals surface area (Å²) in [5.74, 6) is 0. The molecule has 0 fully saturated rings. The molecule has 0 aliphatic carbocycles. The Morgan fingerprint density at radius 1 is 0.619 bits per heavy atom. The minimum Gasteiger partial charge on any atom is -0.376 e. The van der Waals surface area contributed by atoms with Crippen molar-refractivity contribution in [2.75, 3.05) is 6.61 Å². The zero-order chi connectivity index (χ0) is 29.5. The van der Waals surface area contributed by atoms with Gasteiger partial charge in [-0.3, -0.25) is 0 Å². The molecule has 0 spiro atoms. The first kappa shape index (κ1) is 33.4. The smallest absolute Gasteiger partial charge is 0.0948 e. The lowest BCUT2D eigenvalue weighted by molar-refractivity contribution is -0.108. The quantitative estimate of drug-likeness (QED) is 0.0492. The van der Waals surface area contributed by atoms with Gasteiger partial charge < -0.3 is 14.2 Å². The van der Waals surface area contributed by atoms with Crippen LogP contribution in [-0.4, -0.2) is 24.9 Å². The van der Waals surface area contributed by atoms with E-state index in [-0.39, 0.29) is 12.7 Å². The molecule has 42 heavy (non-hydrogen) atoms. The summed E-state index contributed by atoms with van der Waals surface area (Å²) >= 11 is 0. The molecule has 0 unspecified atom stereocenters. The summed E-state index contributed by atoms with van der Waals surface area (Å²) in [6, 6.07) is 29.8. The van der Waals surface area contributed by atoms with Crippen molar-refractivity contribution in [3.8, 4) is 0 Å². The van der Waals surface area contributed by atoms with Crippen LogP contribution in [0, 0.1) is 0 Å². The number of benzene rings is 3. The molecule has 0 saturated carbocycles. The first-order valence-corrected chi connectivity index (χ1v) is 15.8. The number of hydrogen-bond acceptors (Lipinski definition) is 4. The molecule has 6 nitrogen and oxygen atoms in total. The van der Waals surface area contributed by atoms with Gasteiger partial charge in [0.05, 0.1) is 44.7 Å². The summed E-state index contributed by atoms with van der Waals surface area (Å²) in [5, 5.41) is 4.19. The number of azide groups is 1. The molecule has 0 saturated heterocycles. The van der Waals surface area contributed by atoms with Gasteiger partial charge >= 0.3 is 0 Å². The normalized spacial score (nSPS) is 13.3. The molecule has 0 aromatic heterocycles. The molecule has 6 heteroatoms. The summed E-state index contributed by atoms with van der Waals surface area (Å²) in [7, 11) is 0. The topological polar surface area (TPSA) is 76.5 Å². The molecule has 3 atom stereocenters. The van der Waals surface area contributed by atoms with Crippen molar-refractivity contribution in [2.24, 2.45) is 5.11 Å². The first-order valence-electron chi connectivity index (χ1n) is 15.8. The van der Waals surface area contributed by atoms with E-state index in [4.69, 9.17) is 14.2 Å². The Kier molecular flexibility index (Phi) is 17.1. The average Bonchev–Trinajstić information content (AvgIpc) is 3.04. The van der Waals surface area contributed by atoms with E-state index in [0.29, 0.717) is 19.8 Å². The van der Waals surface area contributed by atoms with Crippen molar-refractivity contribution in [3.63, 3.8) is 0 Å². The Labute approximate surface area is 253 Å². The summed E-state index contributed by atoms with van der Waals surface area (Å²) in [4.78, 5) is 3.20. The highest BCUT2D eigenvalue weighted by Crippen LogP contribution is 2.23. The molecule has 0 aliphatic heterocycles. The van der Waals surface area contributed by atoms with Gasteiger partial charge in [0, 0.05) is 4.91 Å². The zero-order valence-electron chi connectivity index (χ0n) is 25.4. The van der Waals surface area contributed by atoms with Crippen LogP contribution in [0.3, 0.4) is 0 Å². The SMILES string of the molecule is CCCCCCCCCCC[C@@H](OCc1ccccc1)[C@@H](OCc1ccccc1)[C@H](COCc1ccccc1)N=[N+]=[N-]. The van der Waals surface area contributed by atoms with E-state index in [1.165, 1.54) is 44.9 Å². The standard InChI is InChI=1S/C36H49N3O3/c1-2-3-4-5-6-7-8-9-19-26-35(41-28-32-22-15-11-16-23-32)36(42-29-33-24-17-12-18-25-33)34(38-39-37)30-40-27-31-20-13-10-14-21-31/h10-18,20-25,34-36H,2-9,19,26-30H2,1H3/t34-,35+,36-/m0/s1. The molecule has 0 radical (unpaired) electrons. The summed E-state index contributed by atoms with van der Waals surface area (Å²) < 4.78 is 19.2. The van der Waals surface area contributed by atoms with E-state index in [1.807, 2.05) is 78.9 Å². The third kappa shape index (κ3) is 13.7. The van der Waals surface area contributed by atoms with Crippen molar-refractivity contribution in [2.45, 2.75) is 109 Å². The third-order valence-corrected chi connectivity index (χ3v) is 7.53. The summed E-state index contributed by atoms with van der Waals surface area (Å²) in [5.41, 5.74) is 12.8. The molecule has 226 valence electrons. The Bertz CT molecular complexity index is 1110. The summed E-state index contributed by atoms with van der Waals surface area (Å²) in [6.45, 7) is 3.83. The fourth-order valence-electron chi connectivity index (χ4n) is 5.14. The molecule has 0 N–H and O–H groups in total. The maximum Gasteiger partial charge on any atom is 0.0948 e. The molecule has 3 aromatic rings. The predicted octanol–water partition coefficient (Wildman–Crippen LogP) is 9.97. The lowest BCUT2D eigenvalue weighted by Crippen LogP contribution is -2.42. The van der Waals surface area contributed by atoms with E-state index in [2.05, 4.69) is 29.1 Å². The monoisotopic (exact) mass is 571 g/mol. The van der Waals surface area contributed by atoms with Crippen LogP contribution in [0.2, 0.25) is 0 Å². The van der Waals surface area contributed by atoms with E-state index >= 15 is 0 Å². The Hall–Kier alpha value is -3.15. The lowest BCUT2D eigenvalue weighted by atomic mass is 9.99. The molecular formula is C36H49N3O3. The van der Waals surface area contributed by atoms with E-state index in [9.17, 15) is 5.53 Å². The second kappa shape index (κ2) is 21.5. The summed E-state index contributed by atoms with van der Waals surface area (Å²) in [6.07, 6.45) is 11.5. The zero-order valence-corrected chi connectivity index (χ0v) is 25.4. The number of unbranched alkanes of at least 4 members (excludes halogenated alkanes) is 8. The van der Waals surface area contributed by atoms with Gasteiger partial charge in [0.25, 0.3) is 0 Å². The van der Waals surface area contributed by atoms with Gasteiger partial charge in [0.1, 0.15) is 0 Å². The van der Waals surface area contributed by atoms with Crippen molar-refractivity contribution in [1.29, 1.82) is 0 Å². The van der Waals surface area contributed by atoms with Crippen LogP contribution in [0.4, 0.5) is 0 Å². The van der Waals surface area contributed by atoms with Gasteiger partial charge in [-0.2, -0.15) is 0 Å². The van der Waals surface area contributed by atoms with Gasteiger partial charge in [0.15, 0.2) is 0 Å². The Balaban J connectivity index is 1.69. The van der Waals surface area contributed by atoms with Gasteiger partial charge in [-0.1, -0.05) is 161 Å². The molecular weight excluding hydrogens is 522 g/mol. The molecule has 0 bridgehead atoms. The molecule has 3 aromatic carbocycles. The molecule has 0 heterocycles. The highest BCUT2D eigenvalue weighted by molar-refractivity contribution is 5.15. The predicted molar refractivity (Wildman–Crippen MR) is 171 cm³/mol. The van der Waals surface area contributed by atoms with Crippen molar-refractivity contribution >= 4 is 0 Å². The average molecular weight is 572 g/mol. The van der Waals surface area contributed by atoms with Crippen molar-refractivity contribution < 1.29 is 14.2 Å². The van der Waals surface area contributed by atoms with Crippen LogP contribution in [-0.2, 0) is 34.0 Å². The van der Waals surface area contributed by atoms with Crippen LogP contribution < -0.4 is 0 Å². The maximum absolute atomic E-state index is 9.53. The minimum absolute atomic E-state index is 0.241. The highest BCUT2D eigenvalue weighted by atomic mass is 16.5. The second-order valence-corrected chi connectivity index (χ2v) is 11.0. The van der Waals surface area contributed by atoms with E-state index in [1.54, 1.807) is 0 Å². The fourth-order valence-corrected chi connectivity index (χ4v) is 5.14. The molecule has 0 amide bonds. The van der Waals surface area contributed by atoms with Gasteiger partial charge in [-0.25, -0.2) is 0 Å². The highest BCUT2D eigenvalue weighted by Gasteiger charge is 2.31. The van der Waals surface area contributed by atoms with Crippen LogP contribution in [0.5, 0.6) is 0 Å². The van der Waals surface area contributed by atoms with Crippen LogP contribution >= 0.6 is 0 Å². The fraction of sp³-hybridized carbons (Fsp3) is 0.500. The van der Waals surface area contributed by atoms with Crippen LogP contribution in [0.25, 0.3) is 10.4 Å². The van der Waals surface area contributed by atoms with Crippen molar-refractivity contribution in [1.82, 2.24) is 0 Å². The Morgan fingerprint density at radius 3 is 1.62 bits per heavy atom. The van der Waals surface area contributed by atoms with E-state index < -0.39 is 12.1 Å². The van der Waals surface area contributed by atoms with Crippen LogP contribution in [0.1, 0.15) is 87.8 Å². The molecule has 0 aliphatic rings. The van der Waals surface area contributed by atoms with Gasteiger partial charge in [-0.15, -0.1) is 0 Å². The second-order valence-electron chi connectivity index (χ2n) is 11.0. The van der Waals surface area contributed by atoms with Crippen LogP contribution in [0.15, 0.2) is 96.1 Å². The number of nitrogens with zero attached hydrogens (tertiary/aromatic N) is 3. The first-order chi connectivity index (χ1) is 20.8. The maximum atomic E-state index is 9.53. The number of ether oxygens (including phenoxy) is 3. The number of rotatable bonds is 23. The van der Waals surface area contributed by atoms with Gasteiger partial charge in [0.2, 0.25) is 0 Å². The Morgan fingerprint density at radius 2 is 1.10 bits per heavy atom. The van der Waals surface area contributed by atoms with E-state index in [0.717, 1.165) is 36.0 Å². The third-order valence-electron chi connectivity index (χ3n) is 7.53. The number of hydrogen-bond donors (Lipinski definition) is 0. The van der Waals surface area contributed by atoms with Crippen molar-refractivity contribution in [3.05, 3.63) is 118 Å². The lowest BCUT2D eigenvalue weighted by Gasteiger charge is -2.32.